The van der Waals surface area contributed by atoms with E-state index in [4.69, 9.17) is 4.99 Å². The van der Waals surface area contributed by atoms with Crippen molar-refractivity contribution in [2.45, 2.75) is 98.6 Å². The number of nitrogens with one attached hydrogen (secondary N) is 1. The third-order valence-electron chi connectivity index (χ3n) is 9.54. The second-order valence-electron chi connectivity index (χ2n) is 12.5. The van der Waals surface area contributed by atoms with Crippen LogP contribution in [-0.2, 0) is 17.6 Å². The van der Waals surface area contributed by atoms with Crippen LogP contribution in [0.15, 0.2) is 47.5 Å². The first kappa shape index (κ1) is 31.0. The van der Waals surface area contributed by atoms with Crippen LogP contribution in [0.1, 0.15) is 93.8 Å². The molecule has 2 aromatic carbocycles. The van der Waals surface area contributed by atoms with Crippen molar-refractivity contribution in [3.63, 3.8) is 0 Å². The number of anilines is 1. The zero-order chi connectivity index (χ0) is 29.6. The molecule has 0 radical (unpaired) electrons. The van der Waals surface area contributed by atoms with E-state index in [-0.39, 0.29) is 29.8 Å². The number of rotatable bonds is 11. The average Bonchev–Trinajstić information content (AvgIpc) is 3.32. The Balaban J connectivity index is 1.56. The molecule has 222 valence electrons. The number of carbonyl (C=O) groups is 2. The number of fused-ring (bicyclic) bond motifs is 1. The molecule has 0 bridgehead atoms. The molecule has 1 heterocycles. The molecule has 0 atom stereocenters. The van der Waals surface area contributed by atoms with Crippen LogP contribution < -0.4 is 10.2 Å². The van der Waals surface area contributed by atoms with Crippen molar-refractivity contribution in [3.8, 4) is 0 Å². The van der Waals surface area contributed by atoms with Gasteiger partial charge < -0.3 is 14.7 Å². The van der Waals surface area contributed by atoms with Gasteiger partial charge >= 0.3 is 0 Å². The minimum absolute atomic E-state index is 0.0609. The van der Waals surface area contributed by atoms with Gasteiger partial charge in [0.2, 0.25) is 5.91 Å². The molecule has 2 amide bonds. The van der Waals surface area contributed by atoms with Crippen LogP contribution in [0.4, 0.5) is 5.69 Å². The molecule has 2 aromatic rings. The van der Waals surface area contributed by atoms with Crippen LogP contribution in [0.3, 0.4) is 0 Å². The normalized spacial score (nSPS) is 20.0. The molecule has 0 unspecified atom stereocenters. The summed E-state index contributed by atoms with van der Waals surface area (Å²) >= 11 is 0. The maximum Gasteiger partial charge on any atom is 0.278 e. The Hall–Kier alpha value is -2.99. The van der Waals surface area contributed by atoms with Gasteiger partial charge in [0.1, 0.15) is 5.84 Å². The van der Waals surface area contributed by atoms with E-state index < -0.39 is 0 Å². The van der Waals surface area contributed by atoms with Crippen LogP contribution in [-0.4, -0.2) is 60.4 Å². The molecule has 1 N–H and O–H groups in total. The van der Waals surface area contributed by atoms with Gasteiger partial charge in [0, 0.05) is 42.1 Å². The van der Waals surface area contributed by atoms with Gasteiger partial charge in [-0.25, -0.2) is 0 Å². The molecule has 0 aromatic heterocycles. The maximum absolute atomic E-state index is 13.3. The highest BCUT2D eigenvalue weighted by Crippen LogP contribution is 2.38. The smallest absolute Gasteiger partial charge is 0.278 e. The Morgan fingerprint density at radius 1 is 0.976 bits per heavy atom. The molecule has 1 saturated carbocycles. The Morgan fingerprint density at radius 3 is 2.24 bits per heavy atom. The highest BCUT2D eigenvalue weighted by Gasteiger charge is 2.36. The van der Waals surface area contributed by atoms with Crippen LogP contribution in [0.25, 0.3) is 0 Å². The Bertz CT molecular complexity index is 1210. The molecule has 2 aliphatic rings. The molecular formula is C35H51N4O2+. The van der Waals surface area contributed by atoms with Gasteiger partial charge in [-0.1, -0.05) is 29.8 Å². The van der Waals surface area contributed by atoms with Gasteiger partial charge in [-0.2, -0.15) is 4.99 Å². The summed E-state index contributed by atoms with van der Waals surface area (Å²) in [7, 11) is 0. The summed E-state index contributed by atoms with van der Waals surface area (Å²) in [6, 6.07) is 14.9. The first-order chi connectivity index (χ1) is 19.7. The Kier molecular flexibility index (Phi) is 10.4. The fourth-order valence-corrected chi connectivity index (χ4v) is 6.67. The largest absolute Gasteiger partial charge is 0.354 e. The Morgan fingerprint density at radius 2 is 1.63 bits per heavy atom. The number of nitrogens with zero attached hydrogens (tertiary/aromatic N) is 3. The van der Waals surface area contributed by atoms with Crippen molar-refractivity contribution in [3.05, 3.63) is 64.7 Å². The third-order valence-corrected chi connectivity index (χ3v) is 9.54. The number of aryl methyl sites for hydroxylation is 2. The number of quaternary nitrogens is 1. The molecule has 6 nitrogen and oxygen atoms in total. The summed E-state index contributed by atoms with van der Waals surface area (Å²) in [6.07, 6.45) is 6.44. The van der Waals surface area contributed by atoms with E-state index in [1.54, 1.807) is 0 Å². The van der Waals surface area contributed by atoms with Gasteiger partial charge in [-0.15, -0.1) is 0 Å². The number of hydrogen-bond acceptors (Lipinski definition) is 2. The molecule has 0 spiro atoms. The van der Waals surface area contributed by atoms with Crippen molar-refractivity contribution in [1.29, 1.82) is 0 Å². The van der Waals surface area contributed by atoms with Crippen molar-refractivity contribution >= 4 is 23.3 Å². The summed E-state index contributed by atoms with van der Waals surface area (Å²) < 4.78 is 1.17. The van der Waals surface area contributed by atoms with Gasteiger partial charge in [-0.05, 0) is 103 Å². The van der Waals surface area contributed by atoms with Crippen molar-refractivity contribution in [1.82, 2.24) is 5.32 Å². The van der Waals surface area contributed by atoms with E-state index in [1.165, 1.54) is 47.5 Å². The summed E-state index contributed by atoms with van der Waals surface area (Å²) in [4.78, 5) is 33.0. The van der Waals surface area contributed by atoms with Crippen LogP contribution in [0, 0.1) is 12.8 Å². The monoisotopic (exact) mass is 559 g/mol. The molecule has 4 rings (SSSR count). The molecule has 1 aliphatic carbocycles. The summed E-state index contributed by atoms with van der Waals surface area (Å²) in [6.45, 7) is 17.7. The summed E-state index contributed by atoms with van der Waals surface area (Å²) in [5.41, 5.74) is 5.55. The number of hydrogen-bond donors (Lipinski definition) is 1. The number of amidine groups is 1. The molecule has 41 heavy (non-hydrogen) atoms. The molecule has 1 fully saturated rings. The molecule has 1 aliphatic heterocycles. The predicted molar refractivity (Wildman–Crippen MR) is 170 cm³/mol. The van der Waals surface area contributed by atoms with E-state index in [1.807, 2.05) is 45.0 Å². The lowest BCUT2D eigenvalue weighted by atomic mass is 9.84. The lowest BCUT2D eigenvalue weighted by Gasteiger charge is -2.36. The first-order valence-corrected chi connectivity index (χ1v) is 15.9. The lowest BCUT2D eigenvalue weighted by Crippen LogP contribution is -2.48. The summed E-state index contributed by atoms with van der Waals surface area (Å²) in [5, 5.41) is 3.10. The second-order valence-corrected chi connectivity index (χ2v) is 12.5. The zero-order valence-corrected chi connectivity index (χ0v) is 26.2. The SMILES string of the molecule is CC[N+](CC)(CC)CCCc1ccc2c(c1)N(C1CCC(C(=O)NC(C)C)CC1)C(=NC(=O)c1ccc(C)cc1)C2. The van der Waals surface area contributed by atoms with E-state index >= 15 is 0 Å². The van der Waals surface area contributed by atoms with Crippen molar-refractivity contribution in [2.24, 2.45) is 10.9 Å². The quantitative estimate of drug-likeness (QED) is 0.320. The number of benzene rings is 2. The lowest BCUT2D eigenvalue weighted by molar-refractivity contribution is -0.923. The summed E-state index contributed by atoms with van der Waals surface area (Å²) in [5.74, 6) is 0.893. The minimum Gasteiger partial charge on any atom is -0.354 e. The van der Waals surface area contributed by atoms with Crippen molar-refractivity contribution < 1.29 is 14.1 Å². The maximum atomic E-state index is 13.3. The van der Waals surface area contributed by atoms with E-state index in [9.17, 15) is 9.59 Å². The highest BCUT2D eigenvalue weighted by atomic mass is 16.2. The van der Waals surface area contributed by atoms with Crippen LogP contribution in [0.2, 0.25) is 0 Å². The molecule has 6 heteroatoms. The molecular weight excluding hydrogens is 508 g/mol. The van der Waals surface area contributed by atoms with Crippen molar-refractivity contribution in [2.75, 3.05) is 31.1 Å². The predicted octanol–water partition coefficient (Wildman–Crippen LogP) is 6.49. The Labute approximate surface area is 247 Å². The molecule has 0 saturated heterocycles. The first-order valence-electron chi connectivity index (χ1n) is 15.9. The second kappa shape index (κ2) is 13.8. The number of amides is 2. The average molecular weight is 560 g/mol. The van der Waals surface area contributed by atoms with E-state index in [0.717, 1.165) is 49.9 Å². The zero-order valence-electron chi connectivity index (χ0n) is 26.2. The van der Waals surface area contributed by atoms with Gasteiger partial charge in [0.25, 0.3) is 5.91 Å². The topological polar surface area (TPSA) is 61.8 Å². The minimum atomic E-state index is -0.184. The number of aliphatic imine (C=N–C) groups is 1. The van der Waals surface area contributed by atoms with Crippen LogP contribution >= 0.6 is 0 Å². The number of carbonyl (C=O) groups excluding carboxylic acids is 2. The van der Waals surface area contributed by atoms with E-state index in [2.05, 4.69) is 49.2 Å². The van der Waals surface area contributed by atoms with Gasteiger partial charge in [-0.3, -0.25) is 9.59 Å². The van der Waals surface area contributed by atoms with E-state index in [0.29, 0.717) is 12.0 Å². The fourth-order valence-electron chi connectivity index (χ4n) is 6.67. The van der Waals surface area contributed by atoms with Crippen LogP contribution in [0.5, 0.6) is 0 Å². The standard InChI is InChI=1S/C35H50N4O2/c1-7-39(8-2,9-3)22-10-11-27-14-17-30-24-33(37-35(41)28-15-12-26(6)13-16-28)38(32(30)23-27)31-20-18-29(19-21-31)34(40)36-25(4)5/h12-17,23,25,29,31H,7-11,18-22,24H2,1-6H3/p+1. The third kappa shape index (κ3) is 7.45. The highest BCUT2D eigenvalue weighted by molar-refractivity contribution is 6.12. The van der Waals surface area contributed by atoms with Gasteiger partial charge in [0.15, 0.2) is 0 Å². The fraction of sp³-hybridized carbons (Fsp3) is 0.571. The van der Waals surface area contributed by atoms with Gasteiger partial charge in [0.05, 0.1) is 26.2 Å².